The number of nitrogens with zero attached hydrogens (tertiary/aromatic N) is 2. The Bertz CT molecular complexity index is 999. The lowest BCUT2D eigenvalue weighted by atomic mass is 10.1. The second-order valence-electron chi connectivity index (χ2n) is 7.01. The highest BCUT2D eigenvalue weighted by Crippen LogP contribution is 2.22. The van der Waals surface area contributed by atoms with E-state index in [1.54, 1.807) is 30.5 Å². The quantitative estimate of drug-likeness (QED) is 0.672. The van der Waals surface area contributed by atoms with Crippen molar-refractivity contribution in [1.29, 1.82) is 0 Å². The summed E-state index contributed by atoms with van der Waals surface area (Å²) in [5.74, 6) is 0.210. The topological polar surface area (TPSA) is 74.3 Å². The van der Waals surface area contributed by atoms with E-state index in [9.17, 15) is 9.59 Å². The Hall–Kier alpha value is -3.67. The molecule has 6 heteroatoms. The van der Waals surface area contributed by atoms with Gasteiger partial charge in [-0.25, -0.2) is 4.98 Å². The van der Waals surface area contributed by atoms with Crippen LogP contribution in [0.3, 0.4) is 0 Å². The zero-order valence-electron chi connectivity index (χ0n) is 16.8. The minimum atomic E-state index is -0.172. The van der Waals surface area contributed by atoms with Gasteiger partial charge in [0.2, 0.25) is 5.91 Å². The van der Waals surface area contributed by atoms with Gasteiger partial charge in [0, 0.05) is 31.7 Å². The number of pyridine rings is 1. The van der Waals surface area contributed by atoms with Crippen LogP contribution in [0.25, 0.3) is 0 Å². The Kier molecular flexibility index (Phi) is 6.24. The van der Waals surface area contributed by atoms with Crippen molar-refractivity contribution < 1.29 is 9.59 Å². The zero-order valence-corrected chi connectivity index (χ0v) is 16.8. The number of hydrogen-bond donors (Lipinski definition) is 2. The van der Waals surface area contributed by atoms with Gasteiger partial charge >= 0.3 is 0 Å². The molecule has 1 aromatic heterocycles. The fraction of sp³-hybridized carbons (Fsp3) is 0.174. The van der Waals surface area contributed by atoms with Gasteiger partial charge in [-0.2, -0.15) is 0 Å². The SMILES string of the molecule is Cc1ccc(C(=O)Nc2ccc(CC(=O)Nc3ccccn3)cc2)c(N(C)C)c1. The number of aromatic nitrogens is 1. The number of anilines is 3. The van der Waals surface area contributed by atoms with Crippen LogP contribution in [0.15, 0.2) is 66.9 Å². The number of rotatable bonds is 6. The zero-order chi connectivity index (χ0) is 20.8. The summed E-state index contributed by atoms with van der Waals surface area (Å²) in [6.45, 7) is 2.00. The third-order valence-electron chi connectivity index (χ3n) is 4.39. The largest absolute Gasteiger partial charge is 0.377 e. The second-order valence-corrected chi connectivity index (χ2v) is 7.01. The fourth-order valence-corrected chi connectivity index (χ4v) is 2.92. The van der Waals surface area contributed by atoms with E-state index in [2.05, 4.69) is 15.6 Å². The Balaban J connectivity index is 1.63. The van der Waals surface area contributed by atoms with Gasteiger partial charge in [0.15, 0.2) is 0 Å². The highest BCUT2D eigenvalue weighted by molar-refractivity contribution is 6.08. The third kappa shape index (κ3) is 5.42. The number of carbonyl (C=O) groups is 2. The highest BCUT2D eigenvalue weighted by Gasteiger charge is 2.13. The van der Waals surface area contributed by atoms with Crippen molar-refractivity contribution in [3.8, 4) is 0 Å². The standard InChI is InChI=1S/C23H24N4O2/c1-16-7-12-19(20(14-16)27(2)3)23(29)25-18-10-8-17(9-11-18)15-22(28)26-21-6-4-5-13-24-21/h4-14H,15H2,1-3H3,(H,25,29)(H,24,26,28). The summed E-state index contributed by atoms with van der Waals surface area (Å²) in [4.78, 5) is 30.8. The number of benzene rings is 2. The first-order valence-corrected chi connectivity index (χ1v) is 9.31. The van der Waals surface area contributed by atoms with E-state index in [0.29, 0.717) is 17.1 Å². The predicted octanol–water partition coefficient (Wildman–Crippen LogP) is 3.89. The molecule has 0 spiro atoms. The van der Waals surface area contributed by atoms with Crippen molar-refractivity contribution in [3.63, 3.8) is 0 Å². The molecule has 0 saturated carbocycles. The van der Waals surface area contributed by atoms with Crippen molar-refractivity contribution in [3.05, 3.63) is 83.6 Å². The summed E-state index contributed by atoms with van der Waals surface area (Å²) in [6, 6.07) is 18.3. The van der Waals surface area contributed by atoms with Crippen molar-refractivity contribution in [1.82, 2.24) is 4.98 Å². The molecule has 0 fully saturated rings. The van der Waals surface area contributed by atoms with E-state index >= 15 is 0 Å². The minimum Gasteiger partial charge on any atom is -0.377 e. The van der Waals surface area contributed by atoms with Gasteiger partial charge in [0.1, 0.15) is 5.82 Å². The number of hydrogen-bond acceptors (Lipinski definition) is 4. The lowest BCUT2D eigenvalue weighted by Gasteiger charge is -2.18. The molecule has 1 heterocycles. The molecule has 3 aromatic rings. The van der Waals surface area contributed by atoms with Crippen molar-refractivity contribution >= 4 is 29.0 Å². The van der Waals surface area contributed by atoms with Crippen LogP contribution in [0, 0.1) is 6.92 Å². The maximum atomic E-state index is 12.7. The lowest BCUT2D eigenvalue weighted by Crippen LogP contribution is -2.18. The van der Waals surface area contributed by atoms with E-state index in [4.69, 9.17) is 0 Å². The summed E-state index contributed by atoms with van der Waals surface area (Å²) >= 11 is 0. The number of nitrogens with one attached hydrogen (secondary N) is 2. The smallest absolute Gasteiger partial charge is 0.257 e. The number of carbonyl (C=O) groups excluding carboxylic acids is 2. The van der Waals surface area contributed by atoms with E-state index in [1.807, 2.05) is 62.3 Å². The molecular formula is C23H24N4O2. The van der Waals surface area contributed by atoms with E-state index < -0.39 is 0 Å². The van der Waals surface area contributed by atoms with E-state index in [1.165, 1.54) is 0 Å². The average molecular weight is 388 g/mol. The monoisotopic (exact) mass is 388 g/mol. The summed E-state index contributed by atoms with van der Waals surface area (Å²) in [6.07, 6.45) is 1.86. The molecule has 0 atom stereocenters. The van der Waals surface area contributed by atoms with Crippen LogP contribution in [0.4, 0.5) is 17.2 Å². The van der Waals surface area contributed by atoms with E-state index in [-0.39, 0.29) is 18.2 Å². The molecule has 0 bridgehead atoms. The molecule has 148 valence electrons. The number of amides is 2. The summed E-state index contributed by atoms with van der Waals surface area (Å²) in [5.41, 5.74) is 4.10. The van der Waals surface area contributed by atoms with Gasteiger partial charge in [-0.05, 0) is 54.4 Å². The molecular weight excluding hydrogens is 364 g/mol. The molecule has 2 amide bonds. The molecule has 2 N–H and O–H groups in total. The van der Waals surface area contributed by atoms with Crippen LogP contribution < -0.4 is 15.5 Å². The van der Waals surface area contributed by atoms with Crippen LogP contribution in [0.1, 0.15) is 21.5 Å². The Labute approximate surface area is 170 Å². The van der Waals surface area contributed by atoms with Gasteiger partial charge in [-0.15, -0.1) is 0 Å². The van der Waals surface area contributed by atoms with Gasteiger partial charge in [-0.1, -0.05) is 24.3 Å². The van der Waals surface area contributed by atoms with Crippen LogP contribution >= 0.6 is 0 Å². The first-order valence-electron chi connectivity index (χ1n) is 9.31. The maximum Gasteiger partial charge on any atom is 0.257 e. The van der Waals surface area contributed by atoms with Gasteiger partial charge < -0.3 is 15.5 Å². The first kappa shape index (κ1) is 20.1. The van der Waals surface area contributed by atoms with Crippen LogP contribution in [-0.4, -0.2) is 30.9 Å². The van der Waals surface area contributed by atoms with Crippen molar-refractivity contribution in [2.75, 3.05) is 29.6 Å². The van der Waals surface area contributed by atoms with Crippen LogP contribution in [0.5, 0.6) is 0 Å². The van der Waals surface area contributed by atoms with E-state index in [0.717, 1.165) is 16.8 Å². The Morgan fingerprint density at radius 1 is 0.966 bits per heavy atom. The molecule has 0 saturated heterocycles. The second kappa shape index (κ2) is 9.01. The normalized spacial score (nSPS) is 10.3. The van der Waals surface area contributed by atoms with Crippen molar-refractivity contribution in [2.24, 2.45) is 0 Å². The molecule has 0 aliphatic rings. The molecule has 3 rings (SSSR count). The number of aryl methyl sites for hydroxylation is 1. The Morgan fingerprint density at radius 2 is 1.72 bits per heavy atom. The highest BCUT2D eigenvalue weighted by atomic mass is 16.2. The summed E-state index contributed by atoms with van der Waals surface area (Å²) in [7, 11) is 3.83. The predicted molar refractivity (Wildman–Crippen MR) is 116 cm³/mol. The van der Waals surface area contributed by atoms with Crippen LogP contribution in [-0.2, 0) is 11.2 Å². The van der Waals surface area contributed by atoms with Crippen LogP contribution in [0.2, 0.25) is 0 Å². The van der Waals surface area contributed by atoms with Gasteiger partial charge in [-0.3, -0.25) is 9.59 Å². The molecule has 2 aromatic carbocycles. The maximum absolute atomic E-state index is 12.7. The molecule has 29 heavy (non-hydrogen) atoms. The molecule has 0 aliphatic heterocycles. The lowest BCUT2D eigenvalue weighted by molar-refractivity contribution is -0.115. The summed E-state index contributed by atoms with van der Waals surface area (Å²) in [5, 5.41) is 5.67. The molecule has 6 nitrogen and oxygen atoms in total. The van der Waals surface area contributed by atoms with Gasteiger partial charge in [0.25, 0.3) is 5.91 Å². The van der Waals surface area contributed by atoms with Gasteiger partial charge in [0.05, 0.1) is 12.0 Å². The molecule has 0 radical (unpaired) electrons. The van der Waals surface area contributed by atoms with Crippen molar-refractivity contribution in [2.45, 2.75) is 13.3 Å². The Morgan fingerprint density at radius 3 is 2.38 bits per heavy atom. The summed E-state index contributed by atoms with van der Waals surface area (Å²) < 4.78 is 0. The fourth-order valence-electron chi connectivity index (χ4n) is 2.92. The first-order chi connectivity index (χ1) is 13.9. The third-order valence-corrected chi connectivity index (χ3v) is 4.39. The molecule has 0 aliphatic carbocycles. The average Bonchev–Trinajstić information content (AvgIpc) is 2.70. The minimum absolute atomic E-state index is 0.143. The molecule has 0 unspecified atom stereocenters.